The van der Waals surface area contributed by atoms with Gasteiger partial charge in [0.1, 0.15) is 0 Å². The molecule has 0 aliphatic carbocycles. The number of rotatable bonds is 4. The Morgan fingerprint density at radius 3 is 2.55 bits per heavy atom. The van der Waals surface area contributed by atoms with Crippen LogP contribution in [0.2, 0.25) is 0 Å². The molecule has 3 aromatic rings. The molecule has 20 heavy (non-hydrogen) atoms. The lowest BCUT2D eigenvalue weighted by atomic mass is 10.1. The van der Waals surface area contributed by atoms with Crippen molar-refractivity contribution in [3.63, 3.8) is 0 Å². The number of thioether (sulfide) groups is 1. The fourth-order valence-corrected chi connectivity index (χ4v) is 2.75. The molecular weight excluding hydrogens is 262 g/mol. The maximum atomic E-state index is 3.49. The molecule has 0 aliphatic rings. The summed E-state index contributed by atoms with van der Waals surface area (Å²) in [6.45, 7) is 0.850. The van der Waals surface area contributed by atoms with Crippen molar-refractivity contribution in [1.29, 1.82) is 0 Å². The monoisotopic (exact) mass is 279 g/mol. The Morgan fingerprint density at radius 2 is 1.70 bits per heavy atom. The predicted octanol–water partition coefficient (Wildman–Crippen LogP) is 5.17. The molecule has 0 spiro atoms. The van der Waals surface area contributed by atoms with Crippen molar-refractivity contribution in [2.24, 2.45) is 0 Å². The number of benzene rings is 3. The van der Waals surface area contributed by atoms with Gasteiger partial charge in [-0.25, -0.2) is 0 Å². The smallest absolute Gasteiger partial charge is 0.0401 e. The van der Waals surface area contributed by atoms with E-state index in [9.17, 15) is 0 Å². The lowest BCUT2D eigenvalue weighted by molar-refractivity contribution is 1.15. The highest BCUT2D eigenvalue weighted by atomic mass is 32.2. The third-order valence-electron chi connectivity index (χ3n) is 3.38. The number of fused-ring (bicyclic) bond motifs is 1. The minimum Gasteiger partial charge on any atom is -0.381 e. The zero-order valence-corrected chi connectivity index (χ0v) is 12.3. The Morgan fingerprint density at radius 1 is 0.850 bits per heavy atom. The molecule has 2 heteroatoms. The number of hydrogen-bond acceptors (Lipinski definition) is 2. The second kappa shape index (κ2) is 6.02. The molecule has 0 saturated heterocycles. The topological polar surface area (TPSA) is 12.0 Å². The van der Waals surface area contributed by atoms with Gasteiger partial charge in [0.05, 0.1) is 0 Å². The third-order valence-corrected chi connectivity index (χ3v) is 4.11. The number of nitrogens with one attached hydrogen (secondary N) is 1. The van der Waals surface area contributed by atoms with Crippen molar-refractivity contribution in [3.8, 4) is 0 Å². The zero-order chi connectivity index (χ0) is 13.8. The van der Waals surface area contributed by atoms with E-state index >= 15 is 0 Å². The van der Waals surface area contributed by atoms with E-state index in [1.807, 2.05) is 0 Å². The second-order valence-electron chi connectivity index (χ2n) is 4.77. The summed E-state index contributed by atoms with van der Waals surface area (Å²) in [6.07, 6.45) is 2.10. The maximum absolute atomic E-state index is 3.49. The van der Waals surface area contributed by atoms with Crippen LogP contribution >= 0.6 is 11.8 Å². The Hall–Kier alpha value is -1.93. The van der Waals surface area contributed by atoms with Crippen LogP contribution in [0.4, 0.5) is 5.69 Å². The van der Waals surface area contributed by atoms with Gasteiger partial charge in [-0.2, -0.15) is 0 Å². The molecule has 0 saturated carbocycles. The molecule has 3 aromatic carbocycles. The fourth-order valence-electron chi connectivity index (χ4n) is 2.29. The van der Waals surface area contributed by atoms with E-state index in [-0.39, 0.29) is 0 Å². The Labute approximate surface area is 124 Å². The summed E-state index contributed by atoms with van der Waals surface area (Å²) in [4.78, 5) is 1.29. The van der Waals surface area contributed by atoms with Crippen LogP contribution in [-0.2, 0) is 6.54 Å². The Balaban J connectivity index is 1.76. The van der Waals surface area contributed by atoms with Gasteiger partial charge in [0.25, 0.3) is 0 Å². The second-order valence-corrected chi connectivity index (χ2v) is 5.65. The van der Waals surface area contributed by atoms with E-state index in [1.54, 1.807) is 11.8 Å². The standard InChI is InChI=1S/C18H17NS/c1-20-18-8-4-7-17(12-18)19-13-14-9-10-15-5-2-3-6-16(15)11-14/h2-12,19H,13H2,1H3. The first-order valence-electron chi connectivity index (χ1n) is 6.71. The summed E-state index contributed by atoms with van der Waals surface area (Å²) < 4.78 is 0. The van der Waals surface area contributed by atoms with Crippen LogP contribution < -0.4 is 5.32 Å². The van der Waals surface area contributed by atoms with E-state index in [0.29, 0.717) is 0 Å². The van der Waals surface area contributed by atoms with Gasteiger partial charge in [-0.1, -0.05) is 42.5 Å². The van der Waals surface area contributed by atoms with Gasteiger partial charge < -0.3 is 5.32 Å². The lowest BCUT2D eigenvalue weighted by Crippen LogP contribution is -1.99. The number of anilines is 1. The van der Waals surface area contributed by atoms with Crippen LogP contribution in [-0.4, -0.2) is 6.26 Å². The van der Waals surface area contributed by atoms with Crippen molar-refractivity contribution < 1.29 is 0 Å². The van der Waals surface area contributed by atoms with Crippen LogP contribution in [0.1, 0.15) is 5.56 Å². The van der Waals surface area contributed by atoms with E-state index in [4.69, 9.17) is 0 Å². The molecule has 3 rings (SSSR count). The summed E-state index contributed by atoms with van der Waals surface area (Å²) in [5.41, 5.74) is 2.48. The average molecular weight is 279 g/mol. The van der Waals surface area contributed by atoms with Crippen LogP contribution in [0.3, 0.4) is 0 Å². The highest BCUT2D eigenvalue weighted by Gasteiger charge is 1.98. The zero-order valence-electron chi connectivity index (χ0n) is 11.5. The van der Waals surface area contributed by atoms with Crippen LogP contribution in [0.15, 0.2) is 71.6 Å². The summed E-state index contributed by atoms with van der Waals surface area (Å²) >= 11 is 1.77. The molecule has 1 nitrogen and oxygen atoms in total. The SMILES string of the molecule is CSc1cccc(NCc2ccc3ccccc3c2)c1. The molecule has 0 amide bonds. The summed E-state index contributed by atoms with van der Waals surface area (Å²) in [5.74, 6) is 0. The van der Waals surface area contributed by atoms with Crippen LogP contribution in [0, 0.1) is 0 Å². The van der Waals surface area contributed by atoms with Crippen molar-refractivity contribution in [2.45, 2.75) is 11.4 Å². The molecule has 0 fully saturated rings. The van der Waals surface area contributed by atoms with E-state index in [1.165, 1.54) is 26.9 Å². The maximum Gasteiger partial charge on any atom is 0.0401 e. The first kappa shape index (κ1) is 13.1. The van der Waals surface area contributed by atoms with Gasteiger partial charge in [-0.05, 0) is 46.9 Å². The van der Waals surface area contributed by atoms with Gasteiger partial charge in [0, 0.05) is 17.1 Å². The van der Waals surface area contributed by atoms with E-state index in [2.05, 4.69) is 78.3 Å². The summed E-state index contributed by atoms with van der Waals surface area (Å²) in [5, 5.41) is 6.08. The molecule has 0 heterocycles. The first-order chi connectivity index (χ1) is 9.85. The largest absolute Gasteiger partial charge is 0.381 e. The van der Waals surface area contributed by atoms with Crippen molar-refractivity contribution in [2.75, 3.05) is 11.6 Å². The molecule has 0 bridgehead atoms. The quantitative estimate of drug-likeness (QED) is 0.661. The molecular formula is C18H17NS. The molecule has 100 valence electrons. The predicted molar refractivity (Wildman–Crippen MR) is 89.5 cm³/mol. The van der Waals surface area contributed by atoms with Gasteiger partial charge in [0.2, 0.25) is 0 Å². The van der Waals surface area contributed by atoms with Gasteiger partial charge in [-0.15, -0.1) is 11.8 Å². The molecule has 0 atom stereocenters. The highest BCUT2D eigenvalue weighted by molar-refractivity contribution is 7.98. The van der Waals surface area contributed by atoms with E-state index in [0.717, 1.165) is 6.54 Å². The van der Waals surface area contributed by atoms with E-state index < -0.39 is 0 Å². The Bertz CT molecular complexity index is 721. The molecule has 0 unspecified atom stereocenters. The fraction of sp³-hybridized carbons (Fsp3) is 0.111. The van der Waals surface area contributed by atoms with Gasteiger partial charge >= 0.3 is 0 Å². The molecule has 0 aromatic heterocycles. The normalized spacial score (nSPS) is 10.7. The third kappa shape index (κ3) is 2.97. The lowest BCUT2D eigenvalue weighted by Gasteiger charge is -2.08. The first-order valence-corrected chi connectivity index (χ1v) is 7.93. The molecule has 1 N–H and O–H groups in total. The highest BCUT2D eigenvalue weighted by Crippen LogP contribution is 2.20. The Kier molecular flexibility index (Phi) is 3.93. The summed E-state index contributed by atoms with van der Waals surface area (Å²) in [6, 6.07) is 23.6. The van der Waals surface area contributed by atoms with Crippen molar-refractivity contribution in [3.05, 3.63) is 72.3 Å². The average Bonchev–Trinajstić information content (AvgIpc) is 2.53. The number of hydrogen-bond donors (Lipinski definition) is 1. The van der Waals surface area contributed by atoms with Crippen molar-refractivity contribution >= 4 is 28.2 Å². The van der Waals surface area contributed by atoms with Gasteiger partial charge in [0.15, 0.2) is 0 Å². The van der Waals surface area contributed by atoms with Crippen molar-refractivity contribution in [1.82, 2.24) is 0 Å². The van der Waals surface area contributed by atoms with Gasteiger partial charge in [-0.3, -0.25) is 0 Å². The summed E-state index contributed by atoms with van der Waals surface area (Å²) in [7, 11) is 0. The molecule has 0 radical (unpaired) electrons. The minimum atomic E-state index is 0.850. The minimum absolute atomic E-state index is 0.850. The van der Waals surface area contributed by atoms with Crippen LogP contribution in [0.25, 0.3) is 10.8 Å². The molecule has 0 aliphatic heterocycles. The van der Waals surface area contributed by atoms with Crippen LogP contribution in [0.5, 0.6) is 0 Å².